The zero-order chi connectivity index (χ0) is 14.7. The van der Waals surface area contributed by atoms with Crippen molar-refractivity contribution in [3.8, 4) is 0 Å². The molecule has 0 spiro atoms. The van der Waals surface area contributed by atoms with Crippen molar-refractivity contribution < 1.29 is 0 Å². The summed E-state index contributed by atoms with van der Waals surface area (Å²) >= 11 is 6.05. The van der Waals surface area contributed by atoms with Gasteiger partial charge < -0.3 is 0 Å². The summed E-state index contributed by atoms with van der Waals surface area (Å²) < 4.78 is 1.43. The number of benzene rings is 1. The number of hydrogen-bond acceptors (Lipinski definition) is 4. The molecule has 0 radical (unpaired) electrons. The van der Waals surface area contributed by atoms with Gasteiger partial charge in [0, 0.05) is 6.20 Å². The molecule has 0 aliphatic heterocycles. The molecule has 2 aromatic heterocycles. The van der Waals surface area contributed by atoms with Crippen LogP contribution < -0.4 is 11.0 Å². The fourth-order valence-electron chi connectivity index (χ4n) is 1.87. The Kier molecular flexibility index (Phi) is 3.66. The average molecular weight is 299 g/mol. The van der Waals surface area contributed by atoms with Gasteiger partial charge in [-0.05, 0) is 24.3 Å². The summed E-state index contributed by atoms with van der Waals surface area (Å²) in [6, 6.07) is 14.7. The van der Waals surface area contributed by atoms with Gasteiger partial charge >= 0.3 is 0 Å². The molecule has 6 heteroatoms. The van der Waals surface area contributed by atoms with Gasteiger partial charge in [-0.25, -0.2) is 4.98 Å². The normalized spacial score (nSPS) is 11.1. The molecule has 0 aliphatic rings. The van der Waals surface area contributed by atoms with Crippen molar-refractivity contribution in [2.45, 2.75) is 0 Å². The Morgan fingerprint density at radius 1 is 1.14 bits per heavy atom. The first-order valence-electron chi connectivity index (χ1n) is 6.27. The lowest BCUT2D eigenvalue weighted by molar-refractivity contribution is 1.04. The van der Waals surface area contributed by atoms with E-state index in [-0.39, 0.29) is 16.3 Å². The van der Waals surface area contributed by atoms with Crippen LogP contribution >= 0.6 is 11.6 Å². The summed E-state index contributed by atoms with van der Waals surface area (Å²) in [6.07, 6.45) is 3.02. The van der Waals surface area contributed by atoms with Crippen LogP contribution in [0.3, 0.4) is 0 Å². The van der Waals surface area contributed by atoms with E-state index in [2.05, 4.69) is 15.5 Å². The lowest BCUT2D eigenvalue weighted by atomic mass is 10.3. The molecule has 1 aromatic carbocycles. The molecule has 0 fully saturated rings. The van der Waals surface area contributed by atoms with E-state index in [4.69, 9.17) is 11.6 Å². The second-order valence-electron chi connectivity index (χ2n) is 4.29. The van der Waals surface area contributed by atoms with E-state index < -0.39 is 0 Å². The minimum atomic E-state index is -0.260. The van der Waals surface area contributed by atoms with E-state index >= 15 is 0 Å². The highest BCUT2D eigenvalue weighted by Crippen LogP contribution is 2.09. The Balaban J connectivity index is 1.95. The Labute approximate surface area is 125 Å². The molecular weight excluding hydrogens is 288 g/mol. The van der Waals surface area contributed by atoms with Gasteiger partial charge in [0.05, 0.1) is 17.5 Å². The number of halogens is 1. The third-order valence-corrected chi connectivity index (χ3v) is 3.17. The topological polar surface area (TPSA) is 58.8 Å². The van der Waals surface area contributed by atoms with E-state index in [1.807, 2.05) is 30.3 Å². The lowest BCUT2D eigenvalue weighted by Gasteiger charge is -2.03. The summed E-state index contributed by atoms with van der Waals surface area (Å²) in [5.41, 5.74) is 4.13. The fraction of sp³-hybridized carbons (Fsp3) is 0. The zero-order valence-corrected chi connectivity index (χ0v) is 11.7. The molecule has 0 unspecified atom stereocenters. The van der Waals surface area contributed by atoms with Gasteiger partial charge in [0.25, 0.3) is 5.56 Å². The third kappa shape index (κ3) is 2.78. The minimum Gasteiger partial charge on any atom is -0.278 e. The first-order chi connectivity index (χ1) is 10.3. The van der Waals surface area contributed by atoms with Crippen LogP contribution in [0.1, 0.15) is 5.56 Å². The van der Waals surface area contributed by atoms with E-state index in [0.717, 1.165) is 5.69 Å². The van der Waals surface area contributed by atoms with Gasteiger partial charge in [0.15, 0.2) is 0 Å². The molecule has 0 aliphatic carbocycles. The number of fused-ring (bicyclic) bond motifs is 1. The van der Waals surface area contributed by atoms with Crippen LogP contribution in [0.2, 0.25) is 5.15 Å². The van der Waals surface area contributed by atoms with Gasteiger partial charge in [-0.15, -0.1) is 0 Å². The smallest absolute Gasteiger partial charge is 0.268 e. The fourth-order valence-corrected chi connectivity index (χ4v) is 2.08. The standard InChI is InChI=1S/C15H11ClN4O/c16-14-12(10-17-19-11-6-2-1-3-7-11)15(21)20-9-5-4-8-13(20)18-14/h1-10,19H/b17-10-. The van der Waals surface area contributed by atoms with Gasteiger partial charge in [-0.1, -0.05) is 35.9 Å². The minimum absolute atomic E-state index is 0.129. The van der Waals surface area contributed by atoms with Crippen LogP contribution in [0.15, 0.2) is 64.6 Å². The molecule has 104 valence electrons. The third-order valence-electron chi connectivity index (χ3n) is 2.88. The van der Waals surface area contributed by atoms with Crippen molar-refractivity contribution in [2.24, 2.45) is 5.10 Å². The Bertz CT molecular complexity index is 858. The summed E-state index contributed by atoms with van der Waals surface area (Å²) in [7, 11) is 0. The number of rotatable bonds is 3. The number of para-hydroxylation sites is 1. The molecule has 0 bridgehead atoms. The number of hydrazone groups is 1. The van der Waals surface area contributed by atoms with Gasteiger partial charge in [0.2, 0.25) is 0 Å². The van der Waals surface area contributed by atoms with Crippen molar-refractivity contribution >= 4 is 29.2 Å². The van der Waals surface area contributed by atoms with E-state index in [1.54, 1.807) is 24.4 Å². The molecule has 5 nitrogen and oxygen atoms in total. The van der Waals surface area contributed by atoms with Crippen molar-refractivity contribution in [2.75, 3.05) is 5.43 Å². The maximum Gasteiger partial charge on any atom is 0.268 e. The van der Waals surface area contributed by atoms with Crippen LogP contribution in [-0.2, 0) is 0 Å². The van der Waals surface area contributed by atoms with Crippen molar-refractivity contribution in [3.05, 3.63) is 75.8 Å². The number of anilines is 1. The van der Waals surface area contributed by atoms with Crippen molar-refractivity contribution in [3.63, 3.8) is 0 Å². The molecule has 0 saturated carbocycles. The maximum absolute atomic E-state index is 12.3. The molecule has 0 amide bonds. The number of nitrogens with one attached hydrogen (secondary N) is 1. The first-order valence-corrected chi connectivity index (χ1v) is 6.64. The molecule has 3 aromatic rings. The Morgan fingerprint density at radius 2 is 1.90 bits per heavy atom. The van der Waals surface area contributed by atoms with Gasteiger partial charge in [0.1, 0.15) is 10.8 Å². The highest BCUT2D eigenvalue weighted by molar-refractivity contribution is 6.32. The summed E-state index contributed by atoms with van der Waals surface area (Å²) in [5.74, 6) is 0. The quantitative estimate of drug-likeness (QED) is 0.459. The second kappa shape index (κ2) is 5.76. The highest BCUT2D eigenvalue weighted by Gasteiger charge is 2.08. The van der Waals surface area contributed by atoms with Crippen LogP contribution in [0.4, 0.5) is 5.69 Å². The van der Waals surface area contributed by atoms with Gasteiger partial charge in [-0.3, -0.25) is 14.6 Å². The predicted molar refractivity (Wildman–Crippen MR) is 84.1 cm³/mol. The Morgan fingerprint density at radius 3 is 2.71 bits per heavy atom. The van der Waals surface area contributed by atoms with E-state index in [1.165, 1.54) is 10.6 Å². The van der Waals surface area contributed by atoms with Crippen molar-refractivity contribution in [1.82, 2.24) is 9.38 Å². The van der Waals surface area contributed by atoms with Crippen LogP contribution in [-0.4, -0.2) is 15.6 Å². The van der Waals surface area contributed by atoms with Crippen molar-refractivity contribution in [1.29, 1.82) is 0 Å². The number of aromatic nitrogens is 2. The highest BCUT2D eigenvalue weighted by atomic mass is 35.5. The van der Waals surface area contributed by atoms with Crippen LogP contribution in [0.25, 0.3) is 5.65 Å². The first kappa shape index (κ1) is 13.3. The molecular formula is C15H11ClN4O. The monoisotopic (exact) mass is 298 g/mol. The molecule has 1 N–H and O–H groups in total. The second-order valence-corrected chi connectivity index (χ2v) is 4.64. The molecule has 0 atom stereocenters. The molecule has 3 rings (SSSR count). The van der Waals surface area contributed by atoms with Crippen LogP contribution in [0.5, 0.6) is 0 Å². The largest absolute Gasteiger partial charge is 0.278 e. The van der Waals surface area contributed by atoms with Crippen LogP contribution in [0, 0.1) is 0 Å². The number of nitrogens with zero attached hydrogens (tertiary/aromatic N) is 3. The molecule has 2 heterocycles. The Hall–Kier alpha value is -2.66. The lowest BCUT2D eigenvalue weighted by Crippen LogP contribution is -2.20. The van der Waals surface area contributed by atoms with E-state index in [9.17, 15) is 4.79 Å². The average Bonchev–Trinajstić information content (AvgIpc) is 2.51. The summed E-state index contributed by atoms with van der Waals surface area (Å²) in [5, 5.41) is 4.16. The zero-order valence-electron chi connectivity index (χ0n) is 10.9. The SMILES string of the molecule is O=c1c(/C=N\Nc2ccccc2)c(Cl)nc2ccccn12. The molecule has 21 heavy (non-hydrogen) atoms. The van der Waals surface area contributed by atoms with E-state index in [0.29, 0.717) is 5.65 Å². The number of hydrogen-bond donors (Lipinski definition) is 1. The number of pyridine rings is 1. The summed E-state index contributed by atoms with van der Waals surface area (Å²) in [6.45, 7) is 0. The molecule has 0 saturated heterocycles. The summed E-state index contributed by atoms with van der Waals surface area (Å²) in [4.78, 5) is 16.5. The van der Waals surface area contributed by atoms with Gasteiger partial charge in [-0.2, -0.15) is 5.10 Å². The maximum atomic E-state index is 12.3. The predicted octanol–water partition coefficient (Wildman–Crippen LogP) is 2.79.